The van der Waals surface area contributed by atoms with Crippen LogP contribution in [0, 0.1) is 10.1 Å². The molecule has 11 heteroatoms. The Labute approximate surface area is 159 Å². The van der Waals surface area contributed by atoms with Crippen molar-refractivity contribution in [1.29, 1.82) is 0 Å². The summed E-state index contributed by atoms with van der Waals surface area (Å²) in [6.45, 7) is 3.24. The number of aromatic nitrogens is 1. The van der Waals surface area contributed by atoms with E-state index in [0.29, 0.717) is 5.56 Å². The van der Waals surface area contributed by atoms with Crippen molar-refractivity contribution in [3.63, 3.8) is 0 Å². The van der Waals surface area contributed by atoms with Crippen molar-refractivity contribution >= 4 is 34.9 Å². The maximum absolute atomic E-state index is 12.5. The lowest BCUT2D eigenvalue weighted by Gasteiger charge is -2.16. The third kappa shape index (κ3) is 4.84. The highest BCUT2D eigenvalue weighted by Crippen LogP contribution is 2.32. The number of hydrogen-bond acceptors (Lipinski definition) is 9. The summed E-state index contributed by atoms with van der Waals surface area (Å²) in [4.78, 5) is 38.5. The highest BCUT2D eigenvalue weighted by atomic mass is 16.6. The van der Waals surface area contributed by atoms with Crippen LogP contribution in [0.3, 0.4) is 0 Å². The molecule has 1 heterocycles. The summed E-state index contributed by atoms with van der Waals surface area (Å²) in [5.41, 5.74) is 5.33. The van der Waals surface area contributed by atoms with Gasteiger partial charge in [-0.2, -0.15) is 0 Å². The Morgan fingerprint density at radius 3 is 2.57 bits per heavy atom. The van der Waals surface area contributed by atoms with Gasteiger partial charge in [0.1, 0.15) is 17.3 Å². The molecular formula is C17H19N5O6. The molecule has 148 valence electrons. The van der Waals surface area contributed by atoms with Gasteiger partial charge in [0.05, 0.1) is 17.6 Å². The minimum Gasteiger partial charge on any atom is -0.508 e. The summed E-state index contributed by atoms with van der Waals surface area (Å²) in [7, 11) is 0. The van der Waals surface area contributed by atoms with Gasteiger partial charge in [0, 0.05) is 11.6 Å². The minimum atomic E-state index is -0.875. The third-order valence-electron chi connectivity index (χ3n) is 3.62. The van der Waals surface area contributed by atoms with Gasteiger partial charge >= 0.3 is 11.8 Å². The molecule has 1 atom stereocenters. The topological polar surface area (TPSA) is 170 Å². The van der Waals surface area contributed by atoms with Crippen LogP contribution in [-0.2, 0) is 4.74 Å². The molecule has 0 radical (unpaired) electrons. The molecule has 0 aliphatic heterocycles. The molecular weight excluding hydrogens is 370 g/mol. The van der Waals surface area contributed by atoms with E-state index in [2.05, 4.69) is 15.6 Å². The Balaban J connectivity index is 2.31. The number of nitrogens with two attached hydrogens (primary N) is 1. The van der Waals surface area contributed by atoms with Gasteiger partial charge < -0.3 is 20.9 Å². The van der Waals surface area contributed by atoms with Crippen LogP contribution < -0.4 is 16.4 Å². The number of nitro groups is 1. The standard InChI is InChI=1S/C17H19N5O6/c1-3-28-17(25)21-13-8-12(14(22(26)27)16(18)20-13)19-9(2)15(24)10-4-6-11(23)7-5-10/h4-9,23H,3H2,1-2H3,(H4,18,19,20,21,25)/t9-/m0/s1. The monoisotopic (exact) mass is 389 g/mol. The van der Waals surface area contributed by atoms with Gasteiger partial charge in [-0.25, -0.2) is 9.78 Å². The molecule has 0 unspecified atom stereocenters. The number of ether oxygens (including phenoxy) is 1. The number of Topliss-reactive ketones (excluding diaryl/α,β-unsaturated/α-hetero) is 1. The van der Waals surface area contributed by atoms with Crippen molar-refractivity contribution in [2.45, 2.75) is 19.9 Å². The van der Waals surface area contributed by atoms with Crippen LogP contribution in [0.1, 0.15) is 24.2 Å². The van der Waals surface area contributed by atoms with Crippen LogP contribution in [0.4, 0.5) is 27.8 Å². The van der Waals surface area contributed by atoms with Crippen LogP contribution in [0.5, 0.6) is 5.75 Å². The van der Waals surface area contributed by atoms with Crippen LogP contribution in [0.2, 0.25) is 0 Å². The fraction of sp³-hybridized carbons (Fsp3) is 0.235. The van der Waals surface area contributed by atoms with Gasteiger partial charge in [0.15, 0.2) is 5.78 Å². The molecule has 1 aromatic carbocycles. The van der Waals surface area contributed by atoms with Crippen LogP contribution >= 0.6 is 0 Å². The zero-order valence-electron chi connectivity index (χ0n) is 15.1. The van der Waals surface area contributed by atoms with E-state index in [1.54, 1.807) is 6.92 Å². The van der Waals surface area contributed by atoms with Crippen molar-refractivity contribution in [1.82, 2.24) is 4.98 Å². The van der Waals surface area contributed by atoms with Gasteiger partial charge in [-0.15, -0.1) is 0 Å². The number of hydrogen-bond donors (Lipinski definition) is 4. The Morgan fingerprint density at radius 1 is 1.36 bits per heavy atom. The molecule has 2 aromatic rings. The fourth-order valence-corrected chi connectivity index (χ4v) is 2.37. The number of nitrogen functional groups attached to an aromatic ring is 1. The SMILES string of the molecule is CCOC(=O)Nc1cc(N[C@@H](C)C(=O)c2ccc(O)cc2)c([N+](=O)[O-])c(N)n1. The van der Waals surface area contributed by atoms with E-state index in [0.717, 1.165) is 0 Å². The molecule has 0 spiro atoms. The van der Waals surface area contributed by atoms with E-state index in [1.165, 1.54) is 37.3 Å². The second-order valence-electron chi connectivity index (χ2n) is 5.67. The summed E-state index contributed by atoms with van der Waals surface area (Å²) in [5, 5.41) is 25.7. The van der Waals surface area contributed by atoms with E-state index in [-0.39, 0.29) is 29.6 Å². The number of phenolic OH excluding ortho intramolecular Hbond substituents is 1. The molecule has 0 bridgehead atoms. The number of phenols is 1. The van der Waals surface area contributed by atoms with Gasteiger partial charge in [-0.3, -0.25) is 20.2 Å². The number of benzene rings is 1. The number of aromatic hydroxyl groups is 1. The predicted molar refractivity (Wildman–Crippen MR) is 101 cm³/mol. The van der Waals surface area contributed by atoms with E-state index < -0.39 is 28.6 Å². The van der Waals surface area contributed by atoms with Gasteiger partial charge in [-0.05, 0) is 38.1 Å². The molecule has 11 nitrogen and oxygen atoms in total. The van der Waals surface area contributed by atoms with Crippen LogP contribution in [0.25, 0.3) is 0 Å². The number of carbonyl (C=O) groups is 2. The van der Waals surface area contributed by atoms with Gasteiger partial charge in [-0.1, -0.05) is 0 Å². The van der Waals surface area contributed by atoms with Crippen molar-refractivity contribution in [2.24, 2.45) is 0 Å². The summed E-state index contributed by atoms with van der Waals surface area (Å²) in [6.07, 6.45) is -0.803. The lowest BCUT2D eigenvalue weighted by atomic mass is 10.0. The first-order valence-corrected chi connectivity index (χ1v) is 8.21. The van der Waals surface area contributed by atoms with E-state index in [9.17, 15) is 24.8 Å². The summed E-state index contributed by atoms with van der Waals surface area (Å²) < 4.78 is 4.73. The zero-order valence-corrected chi connectivity index (χ0v) is 15.1. The summed E-state index contributed by atoms with van der Waals surface area (Å²) >= 11 is 0. The zero-order chi connectivity index (χ0) is 20.8. The average molecular weight is 389 g/mol. The molecule has 1 aromatic heterocycles. The number of pyridine rings is 1. The molecule has 0 aliphatic carbocycles. The van der Waals surface area contributed by atoms with Crippen molar-refractivity contribution in [3.8, 4) is 5.75 Å². The van der Waals surface area contributed by atoms with Crippen molar-refractivity contribution in [2.75, 3.05) is 23.0 Å². The summed E-state index contributed by atoms with van der Waals surface area (Å²) in [6, 6.07) is 5.88. The molecule has 5 N–H and O–H groups in total. The highest BCUT2D eigenvalue weighted by molar-refractivity contribution is 6.02. The first-order valence-electron chi connectivity index (χ1n) is 8.21. The average Bonchev–Trinajstić information content (AvgIpc) is 2.61. The highest BCUT2D eigenvalue weighted by Gasteiger charge is 2.25. The van der Waals surface area contributed by atoms with Crippen molar-refractivity contribution in [3.05, 3.63) is 46.0 Å². The van der Waals surface area contributed by atoms with Gasteiger partial charge in [0.2, 0.25) is 5.82 Å². The number of anilines is 3. The number of rotatable bonds is 7. The first-order chi connectivity index (χ1) is 13.2. The maximum Gasteiger partial charge on any atom is 0.412 e. The lowest BCUT2D eigenvalue weighted by Crippen LogP contribution is -2.27. The van der Waals surface area contributed by atoms with E-state index in [1.807, 2.05) is 0 Å². The lowest BCUT2D eigenvalue weighted by molar-refractivity contribution is -0.383. The Bertz CT molecular complexity index is 900. The van der Waals surface area contributed by atoms with E-state index >= 15 is 0 Å². The van der Waals surface area contributed by atoms with E-state index in [4.69, 9.17) is 10.5 Å². The maximum atomic E-state index is 12.5. The largest absolute Gasteiger partial charge is 0.508 e. The molecule has 1 amide bonds. The normalized spacial score (nSPS) is 11.4. The van der Waals surface area contributed by atoms with Gasteiger partial charge in [0.25, 0.3) is 0 Å². The fourth-order valence-electron chi connectivity index (χ4n) is 2.37. The second kappa shape index (κ2) is 8.66. The number of carbonyl (C=O) groups excluding carboxylic acids is 2. The Kier molecular flexibility index (Phi) is 6.32. The number of nitrogens with zero attached hydrogens (tertiary/aromatic N) is 2. The number of nitrogens with one attached hydrogen (secondary N) is 2. The second-order valence-corrected chi connectivity index (χ2v) is 5.67. The molecule has 28 heavy (non-hydrogen) atoms. The summed E-state index contributed by atoms with van der Waals surface area (Å²) in [5.74, 6) is -0.881. The third-order valence-corrected chi connectivity index (χ3v) is 3.62. The number of amides is 1. The molecule has 0 aliphatic rings. The number of ketones is 1. The molecule has 0 saturated carbocycles. The minimum absolute atomic E-state index is 0.00406. The predicted octanol–water partition coefficient (Wildman–Crippen LogP) is 2.53. The molecule has 0 fully saturated rings. The van der Waals surface area contributed by atoms with Crippen molar-refractivity contribution < 1.29 is 24.4 Å². The quantitative estimate of drug-likeness (QED) is 0.315. The first kappa shape index (κ1) is 20.4. The van der Waals surface area contributed by atoms with Crippen LogP contribution in [0.15, 0.2) is 30.3 Å². The Morgan fingerprint density at radius 2 is 2.00 bits per heavy atom. The molecule has 2 rings (SSSR count). The Hall–Kier alpha value is -3.89. The smallest absolute Gasteiger partial charge is 0.412 e. The molecule has 0 saturated heterocycles. The van der Waals surface area contributed by atoms with Crippen LogP contribution in [-0.4, -0.2) is 39.5 Å².